The molecular weight excluding hydrogens is 278 g/mol. The fourth-order valence-corrected chi connectivity index (χ4v) is 4.76. The maximum Gasteiger partial charge on any atom is 0.282 e. The molecule has 0 aromatic heterocycles. The van der Waals surface area contributed by atoms with E-state index in [0.717, 1.165) is 25.7 Å². The molecule has 2 aliphatic rings. The second-order valence-electron chi connectivity index (χ2n) is 6.15. The Kier molecular flexibility index (Phi) is 5.42. The van der Waals surface area contributed by atoms with Gasteiger partial charge < -0.3 is 10.0 Å². The fourth-order valence-electron chi connectivity index (χ4n) is 3.04. The van der Waals surface area contributed by atoms with Gasteiger partial charge in [0.05, 0.1) is 0 Å². The Morgan fingerprint density at radius 2 is 1.75 bits per heavy atom. The number of nitrogens with zero attached hydrogens (tertiary/aromatic N) is 3. The summed E-state index contributed by atoms with van der Waals surface area (Å²) >= 11 is 0. The Morgan fingerprint density at radius 1 is 1.10 bits per heavy atom. The van der Waals surface area contributed by atoms with Crippen LogP contribution in [0.2, 0.25) is 0 Å². The van der Waals surface area contributed by atoms with Gasteiger partial charge in [-0.25, -0.2) is 0 Å². The number of likely N-dealkylation sites (N-methyl/N-ethyl adjacent to an activating group) is 1. The lowest BCUT2D eigenvalue weighted by Gasteiger charge is -2.39. The first-order chi connectivity index (χ1) is 9.45. The monoisotopic (exact) mass is 305 g/mol. The summed E-state index contributed by atoms with van der Waals surface area (Å²) in [6.45, 7) is 2.47. The van der Waals surface area contributed by atoms with Crippen LogP contribution in [-0.4, -0.2) is 80.0 Å². The summed E-state index contributed by atoms with van der Waals surface area (Å²) in [4.78, 5) is 2.11. The molecule has 0 amide bonds. The highest BCUT2D eigenvalue weighted by molar-refractivity contribution is 7.86. The Bertz CT molecular complexity index is 405. The van der Waals surface area contributed by atoms with E-state index in [9.17, 15) is 8.42 Å². The van der Waals surface area contributed by atoms with Gasteiger partial charge in [0.25, 0.3) is 10.2 Å². The lowest BCUT2D eigenvalue weighted by molar-refractivity contribution is 0.155. The summed E-state index contributed by atoms with van der Waals surface area (Å²) < 4.78 is 28.6. The highest BCUT2D eigenvalue weighted by atomic mass is 32.2. The minimum atomic E-state index is -3.32. The quantitative estimate of drug-likeness (QED) is 0.792. The van der Waals surface area contributed by atoms with E-state index in [0.29, 0.717) is 32.2 Å². The number of aliphatic hydroxyl groups is 1. The summed E-state index contributed by atoms with van der Waals surface area (Å²) in [5.74, 6) is 0.261. The van der Waals surface area contributed by atoms with Crippen LogP contribution < -0.4 is 0 Å². The molecule has 1 unspecified atom stereocenters. The highest BCUT2D eigenvalue weighted by Crippen LogP contribution is 2.24. The van der Waals surface area contributed by atoms with E-state index in [4.69, 9.17) is 5.11 Å². The predicted octanol–water partition coefficient (Wildman–Crippen LogP) is -0.0385. The SMILES string of the molecule is CN(C)C1CCCN(S(=O)(=O)N2CCC(CO)CC2)C1. The van der Waals surface area contributed by atoms with Crippen molar-refractivity contribution < 1.29 is 13.5 Å². The van der Waals surface area contributed by atoms with E-state index >= 15 is 0 Å². The molecule has 0 aromatic rings. The van der Waals surface area contributed by atoms with Crippen molar-refractivity contribution >= 4 is 10.2 Å². The molecule has 2 heterocycles. The zero-order chi connectivity index (χ0) is 14.8. The van der Waals surface area contributed by atoms with Gasteiger partial charge in [-0.2, -0.15) is 17.0 Å². The molecule has 2 fully saturated rings. The topological polar surface area (TPSA) is 64.1 Å². The van der Waals surface area contributed by atoms with E-state index in [2.05, 4.69) is 4.90 Å². The largest absolute Gasteiger partial charge is 0.396 e. The summed E-state index contributed by atoms with van der Waals surface area (Å²) in [5.41, 5.74) is 0. The van der Waals surface area contributed by atoms with Gasteiger partial charge in [-0.1, -0.05) is 0 Å². The zero-order valence-corrected chi connectivity index (χ0v) is 13.3. The second-order valence-corrected chi connectivity index (χ2v) is 8.08. The molecule has 0 saturated carbocycles. The number of hydrogen-bond donors (Lipinski definition) is 1. The number of hydrogen-bond acceptors (Lipinski definition) is 4. The summed E-state index contributed by atoms with van der Waals surface area (Å²) in [6, 6.07) is 0.313. The Labute approximate surface area is 122 Å². The Balaban J connectivity index is 1.99. The molecule has 2 rings (SSSR count). The van der Waals surface area contributed by atoms with Gasteiger partial charge in [-0.15, -0.1) is 0 Å². The van der Waals surface area contributed by atoms with Gasteiger partial charge in [-0.3, -0.25) is 0 Å². The fraction of sp³-hybridized carbons (Fsp3) is 1.00. The van der Waals surface area contributed by atoms with Gasteiger partial charge >= 0.3 is 0 Å². The van der Waals surface area contributed by atoms with Crippen molar-refractivity contribution in [3.8, 4) is 0 Å². The summed E-state index contributed by atoms with van der Waals surface area (Å²) in [7, 11) is 0.690. The van der Waals surface area contributed by atoms with Crippen LogP contribution in [0.1, 0.15) is 25.7 Å². The van der Waals surface area contributed by atoms with Gasteiger partial charge in [0, 0.05) is 38.8 Å². The van der Waals surface area contributed by atoms with Crippen LogP contribution in [0.4, 0.5) is 0 Å². The van der Waals surface area contributed by atoms with Gasteiger partial charge in [0.15, 0.2) is 0 Å². The van der Waals surface area contributed by atoms with Crippen molar-refractivity contribution in [3.05, 3.63) is 0 Å². The van der Waals surface area contributed by atoms with Crippen molar-refractivity contribution in [1.29, 1.82) is 0 Å². The van der Waals surface area contributed by atoms with E-state index in [1.54, 1.807) is 8.61 Å². The molecule has 0 aromatic carbocycles. The van der Waals surface area contributed by atoms with Crippen LogP contribution in [0.25, 0.3) is 0 Å². The highest BCUT2D eigenvalue weighted by Gasteiger charge is 2.35. The number of rotatable bonds is 4. The minimum absolute atomic E-state index is 0.167. The maximum atomic E-state index is 12.7. The van der Waals surface area contributed by atoms with Gasteiger partial charge in [-0.05, 0) is 45.7 Å². The smallest absolute Gasteiger partial charge is 0.282 e. The standard InChI is InChI=1S/C13H27N3O3S/c1-14(2)13-4-3-7-16(10-13)20(18,19)15-8-5-12(11-17)6-9-15/h12-13,17H,3-11H2,1-2H3. The minimum Gasteiger partial charge on any atom is -0.396 e. The molecule has 0 radical (unpaired) electrons. The first kappa shape index (κ1) is 16.2. The van der Waals surface area contributed by atoms with Crippen molar-refractivity contribution in [2.24, 2.45) is 5.92 Å². The van der Waals surface area contributed by atoms with E-state index in [1.165, 1.54) is 0 Å². The zero-order valence-electron chi connectivity index (χ0n) is 12.5. The molecule has 7 heteroatoms. The van der Waals surface area contributed by atoms with Crippen molar-refractivity contribution in [1.82, 2.24) is 13.5 Å². The Morgan fingerprint density at radius 3 is 2.30 bits per heavy atom. The van der Waals surface area contributed by atoms with Crippen LogP contribution >= 0.6 is 0 Å². The van der Waals surface area contributed by atoms with Crippen LogP contribution in [0.5, 0.6) is 0 Å². The molecule has 0 bridgehead atoms. The summed E-state index contributed by atoms with van der Waals surface area (Å²) in [6.07, 6.45) is 3.52. The average molecular weight is 305 g/mol. The molecule has 2 aliphatic heterocycles. The predicted molar refractivity (Wildman–Crippen MR) is 78.6 cm³/mol. The molecule has 118 valence electrons. The number of piperidine rings is 2. The van der Waals surface area contributed by atoms with Gasteiger partial charge in [0.1, 0.15) is 0 Å². The first-order valence-electron chi connectivity index (χ1n) is 7.47. The molecule has 0 spiro atoms. The van der Waals surface area contributed by atoms with Crippen LogP contribution in [0, 0.1) is 5.92 Å². The van der Waals surface area contributed by atoms with Crippen molar-refractivity contribution in [2.45, 2.75) is 31.7 Å². The Hall–Kier alpha value is -0.210. The van der Waals surface area contributed by atoms with Crippen molar-refractivity contribution in [3.63, 3.8) is 0 Å². The molecular formula is C13H27N3O3S. The molecule has 1 atom stereocenters. The van der Waals surface area contributed by atoms with E-state index in [-0.39, 0.29) is 12.5 Å². The summed E-state index contributed by atoms with van der Waals surface area (Å²) in [5, 5.41) is 9.14. The lowest BCUT2D eigenvalue weighted by atomic mass is 10.00. The normalized spacial score (nSPS) is 28.1. The molecule has 0 aliphatic carbocycles. The van der Waals surface area contributed by atoms with Crippen molar-refractivity contribution in [2.75, 3.05) is 46.9 Å². The van der Waals surface area contributed by atoms with E-state index < -0.39 is 10.2 Å². The van der Waals surface area contributed by atoms with Gasteiger partial charge in [0.2, 0.25) is 0 Å². The van der Waals surface area contributed by atoms with Crippen LogP contribution in [0.15, 0.2) is 0 Å². The maximum absolute atomic E-state index is 12.7. The third kappa shape index (κ3) is 3.51. The molecule has 20 heavy (non-hydrogen) atoms. The lowest BCUT2D eigenvalue weighted by Crippen LogP contribution is -2.53. The third-order valence-corrected chi connectivity index (χ3v) is 6.58. The molecule has 1 N–H and O–H groups in total. The average Bonchev–Trinajstić information content (AvgIpc) is 2.47. The second kappa shape index (κ2) is 6.70. The molecule has 2 saturated heterocycles. The molecule has 6 nitrogen and oxygen atoms in total. The van der Waals surface area contributed by atoms with Crippen LogP contribution in [-0.2, 0) is 10.2 Å². The first-order valence-corrected chi connectivity index (χ1v) is 8.87. The van der Waals surface area contributed by atoms with Crippen LogP contribution in [0.3, 0.4) is 0 Å². The number of aliphatic hydroxyl groups excluding tert-OH is 1. The van der Waals surface area contributed by atoms with E-state index in [1.807, 2.05) is 14.1 Å². The third-order valence-electron chi connectivity index (χ3n) is 4.57.